The third-order valence-electron chi connectivity index (χ3n) is 8.08. The third-order valence-corrected chi connectivity index (χ3v) is 8.08. The summed E-state index contributed by atoms with van der Waals surface area (Å²) in [5.74, 6) is -0.855. The summed E-state index contributed by atoms with van der Waals surface area (Å²) in [6, 6.07) is 0. The van der Waals surface area contributed by atoms with Crippen LogP contribution in [0.25, 0.3) is 0 Å². The number of aliphatic carboxylic acids is 1. The zero-order chi connectivity index (χ0) is 28.7. The van der Waals surface area contributed by atoms with Gasteiger partial charge in [0.2, 0.25) is 0 Å². The van der Waals surface area contributed by atoms with Crippen molar-refractivity contribution in [1.82, 2.24) is 0 Å². The molecule has 1 atom stereocenters. The quantitative estimate of drug-likeness (QED) is 0.0665. The Morgan fingerprint density at radius 1 is 0.462 bits per heavy atom. The first-order valence-electron chi connectivity index (χ1n) is 17.5. The minimum atomic E-state index is -0.768. The summed E-state index contributed by atoms with van der Waals surface area (Å²) in [7, 11) is 0. The smallest absolute Gasteiger partial charge is 0.306 e. The maximum Gasteiger partial charge on any atom is 0.306 e. The molecule has 0 spiro atoms. The Kier molecular flexibility index (Phi) is 30.6. The second kappa shape index (κ2) is 31.5. The predicted molar refractivity (Wildman–Crippen MR) is 167 cm³/mol. The van der Waals surface area contributed by atoms with Crippen LogP contribution in [0.2, 0.25) is 0 Å². The lowest BCUT2D eigenvalue weighted by molar-refractivity contribution is -0.150. The summed E-state index contributed by atoms with van der Waals surface area (Å²) in [6.45, 7) is 4.52. The zero-order valence-electron chi connectivity index (χ0n) is 26.5. The number of esters is 1. The van der Waals surface area contributed by atoms with Crippen LogP contribution >= 0.6 is 0 Å². The fourth-order valence-corrected chi connectivity index (χ4v) is 5.49. The fourth-order valence-electron chi connectivity index (χ4n) is 5.49. The number of ether oxygens (including phenoxy) is 1. The van der Waals surface area contributed by atoms with Crippen molar-refractivity contribution in [2.24, 2.45) is 0 Å². The van der Waals surface area contributed by atoms with Crippen LogP contribution < -0.4 is 0 Å². The first kappa shape index (κ1) is 37.9. The van der Waals surface area contributed by atoms with Crippen molar-refractivity contribution in [1.29, 1.82) is 0 Å². The molecule has 0 aromatic heterocycles. The van der Waals surface area contributed by atoms with E-state index in [0.717, 1.165) is 25.7 Å². The highest BCUT2D eigenvalue weighted by atomic mass is 16.5. The molecule has 0 rings (SSSR count). The Balaban J connectivity index is 3.70. The molecule has 0 aliphatic heterocycles. The van der Waals surface area contributed by atoms with Crippen molar-refractivity contribution in [3.05, 3.63) is 0 Å². The van der Waals surface area contributed by atoms with E-state index in [0.29, 0.717) is 19.3 Å². The van der Waals surface area contributed by atoms with Gasteiger partial charge in [-0.1, -0.05) is 162 Å². The number of carbonyl (C=O) groups is 2. The first-order chi connectivity index (χ1) is 19.1. The fraction of sp³-hybridized carbons (Fsp3) is 0.943. The number of unbranched alkanes of at least 4 members (excludes halogenated alkanes) is 23. The van der Waals surface area contributed by atoms with E-state index in [2.05, 4.69) is 13.8 Å². The van der Waals surface area contributed by atoms with Crippen LogP contribution in [-0.2, 0) is 14.3 Å². The number of carboxylic acids is 1. The molecule has 0 saturated carbocycles. The van der Waals surface area contributed by atoms with Gasteiger partial charge in [0.05, 0.1) is 0 Å². The topological polar surface area (TPSA) is 63.6 Å². The number of carbonyl (C=O) groups excluding carboxylic acids is 1. The Morgan fingerprint density at radius 2 is 0.795 bits per heavy atom. The van der Waals surface area contributed by atoms with Gasteiger partial charge < -0.3 is 9.84 Å². The molecule has 1 N–H and O–H groups in total. The normalized spacial score (nSPS) is 12.1. The molecule has 0 saturated heterocycles. The Labute approximate surface area is 243 Å². The second-order valence-electron chi connectivity index (χ2n) is 12.1. The molecule has 0 heterocycles. The van der Waals surface area contributed by atoms with E-state index in [-0.39, 0.29) is 18.5 Å². The summed E-state index contributed by atoms with van der Waals surface area (Å²) < 4.78 is 5.79. The van der Waals surface area contributed by atoms with Crippen molar-refractivity contribution in [3.63, 3.8) is 0 Å². The maximum absolute atomic E-state index is 12.4. The van der Waals surface area contributed by atoms with Gasteiger partial charge in [0, 0.05) is 12.8 Å². The van der Waals surface area contributed by atoms with Gasteiger partial charge in [-0.25, -0.2) is 0 Å². The number of hydrogen-bond donors (Lipinski definition) is 1. The lowest BCUT2D eigenvalue weighted by atomic mass is 10.0. The van der Waals surface area contributed by atoms with Gasteiger partial charge in [0.1, 0.15) is 6.10 Å². The van der Waals surface area contributed by atoms with Gasteiger partial charge in [-0.05, 0) is 32.1 Å². The minimum absolute atomic E-state index is 0.0872. The molecule has 0 aliphatic carbocycles. The SMILES string of the molecule is CCCCCCCCCCCCCCCCCCCC(=O)OC(CCCCCCCCCC)CCCC(=O)O. The number of carboxylic acid groups (broad SMARTS) is 1. The second-order valence-corrected chi connectivity index (χ2v) is 12.1. The van der Waals surface area contributed by atoms with Gasteiger partial charge in [-0.15, -0.1) is 0 Å². The molecule has 0 radical (unpaired) electrons. The van der Waals surface area contributed by atoms with E-state index in [1.165, 1.54) is 141 Å². The van der Waals surface area contributed by atoms with Crippen molar-refractivity contribution in [2.75, 3.05) is 0 Å². The monoisotopic (exact) mass is 553 g/mol. The highest BCUT2D eigenvalue weighted by molar-refractivity contribution is 5.69. The van der Waals surface area contributed by atoms with E-state index < -0.39 is 5.97 Å². The molecule has 0 aromatic rings. The third kappa shape index (κ3) is 31.3. The lowest BCUT2D eigenvalue weighted by Gasteiger charge is -2.18. The summed E-state index contributed by atoms with van der Waals surface area (Å²) in [5, 5.41) is 8.95. The van der Waals surface area contributed by atoms with Crippen LogP contribution in [0.15, 0.2) is 0 Å². The average Bonchev–Trinajstić information content (AvgIpc) is 2.91. The molecule has 0 fully saturated rings. The average molecular weight is 553 g/mol. The van der Waals surface area contributed by atoms with Crippen LogP contribution in [0, 0.1) is 0 Å². The predicted octanol–water partition coefficient (Wildman–Crippen LogP) is 11.7. The summed E-state index contributed by atoms with van der Waals surface area (Å²) in [5.41, 5.74) is 0. The van der Waals surface area contributed by atoms with Gasteiger partial charge >= 0.3 is 11.9 Å². The summed E-state index contributed by atoms with van der Waals surface area (Å²) in [4.78, 5) is 23.3. The van der Waals surface area contributed by atoms with Gasteiger partial charge in [-0.3, -0.25) is 9.59 Å². The maximum atomic E-state index is 12.4. The van der Waals surface area contributed by atoms with E-state index in [9.17, 15) is 9.59 Å². The van der Waals surface area contributed by atoms with Crippen molar-refractivity contribution in [3.8, 4) is 0 Å². The van der Waals surface area contributed by atoms with E-state index in [4.69, 9.17) is 9.84 Å². The number of rotatable bonds is 32. The summed E-state index contributed by atoms with van der Waals surface area (Å²) >= 11 is 0. The molecule has 1 unspecified atom stereocenters. The first-order valence-corrected chi connectivity index (χ1v) is 17.5. The molecular weight excluding hydrogens is 484 g/mol. The molecule has 39 heavy (non-hydrogen) atoms. The summed E-state index contributed by atoms with van der Waals surface area (Å²) in [6.07, 6.45) is 35.5. The van der Waals surface area contributed by atoms with Gasteiger partial charge in [0.15, 0.2) is 0 Å². The molecule has 0 aromatic carbocycles. The molecule has 0 amide bonds. The van der Waals surface area contributed by atoms with Gasteiger partial charge in [0.25, 0.3) is 0 Å². The highest BCUT2D eigenvalue weighted by Crippen LogP contribution is 2.18. The van der Waals surface area contributed by atoms with Crippen LogP contribution in [-0.4, -0.2) is 23.1 Å². The van der Waals surface area contributed by atoms with Crippen LogP contribution in [0.5, 0.6) is 0 Å². The molecule has 0 aliphatic rings. The molecule has 4 heteroatoms. The minimum Gasteiger partial charge on any atom is -0.481 e. The molecule has 232 valence electrons. The van der Waals surface area contributed by atoms with E-state index >= 15 is 0 Å². The zero-order valence-corrected chi connectivity index (χ0v) is 26.5. The Hall–Kier alpha value is -1.06. The number of hydrogen-bond acceptors (Lipinski definition) is 3. The standard InChI is InChI=1S/C35H68O4/c1-3-5-7-9-11-13-14-15-16-17-18-19-20-21-23-25-27-32-35(38)39-33(30-28-31-34(36)37)29-26-24-22-12-10-8-6-4-2/h33H,3-32H2,1-2H3,(H,36,37). The molecule has 4 nitrogen and oxygen atoms in total. The molecular formula is C35H68O4. The Bertz CT molecular complexity index is 519. The van der Waals surface area contributed by atoms with E-state index in [1.54, 1.807) is 0 Å². The molecule has 0 bridgehead atoms. The largest absolute Gasteiger partial charge is 0.481 e. The van der Waals surface area contributed by atoms with Crippen LogP contribution in [0.1, 0.15) is 206 Å². The van der Waals surface area contributed by atoms with Gasteiger partial charge in [-0.2, -0.15) is 0 Å². The van der Waals surface area contributed by atoms with Crippen LogP contribution in [0.3, 0.4) is 0 Å². The lowest BCUT2D eigenvalue weighted by Crippen LogP contribution is -2.18. The Morgan fingerprint density at radius 3 is 1.18 bits per heavy atom. The van der Waals surface area contributed by atoms with Crippen molar-refractivity contribution < 1.29 is 19.4 Å². The van der Waals surface area contributed by atoms with Crippen LogP contribution in [0.4, 0.5) is 0 Å². The van der Waals surface area contributed by atoms with Crippen molar-refractivity contribution >= 4 is 11.9 Å². The highest BCUT2D eigenvalue weighted by Gasteiger charge is 2.15. The van der Waals surface area contributed by atoms with E-state index in [1.807, 2.05) is 0 Å². The van der Waals surface area contributed by atoms with Crippen molar-refractivity contribution in [2.45, 2.75) is 213 Å².